The van der Waals surface area contributed by atoms with E-state index in [9.17, 15) is 14.7 Å². The molecule has 1 heterocycles. The molecule has 1 aliphatic heterocycles. The third-order valence-electron chi connectivity index (χ3n) is 4.13. The van der Waals surface area contributed by atoms with E-state index in [2.05, 4.69) is 0 Å². The van der Waals surface area contributed by atoms with Crippen LogP contribution in [-0.2, 0) is 9.59 Å². The molecular weight excluding hydrogens is 244 g/mol. The molecule has 0 saturated carbocycles. The summed E-state index contributed by atoms with van der Waals surface area (Å²) in [4.78, 5) is 27.5. The first-order valence-electron chi connectivity index (χ1n) is 7.28. The fraction of sp³-hybridized carbons (Fsp3) is 0.857. The summed E-state index contributed by atoms with van der Waals surface area (Å²) in [6, 6.07) is 0. The van der Waals surface area contributed by atoms with Gasteiger partial charge in [-0.3, -0.25) is 14.5 Å². The zero-order valence-corrected chi connectivity index (χ0v) is 12.3. The minimum Gasteiger partial charge on any atom is -0.480 e. The summed E-state index contributed by atoms with van der Waals surface area (Å²) in [7, 11) is 0. The molecule has 1 atom stereocenters. The molecule has 1 unspecified atom stereocenters. The molecule has 0 bridgehead atoms. The lowest BCUT2D eigenvalue weighted by Crippen LogP contribution is -2.53. The average molecular weight is 270 g/mol. The zero-order chi connectivity index (χ0) is 14.5. The number of likely N-dealkylation sites (N-methyl/N-ethyl adjacent to an activating group) is 1. The van der Waals surface area contributed by atoms with Gasteiger partial charge in [-0.05, 0) is 39.7 Å². The topological polar surface area (TPSA) is 60.9 Å². The van der Waals surface area contributed by atoms with Crippen molar-refractivity contribution >= 4 is 11.9 Å². The molecule has 19 heavy (non-hydrogen) atoms. The second-order valence-electron chi connectivity index (χ2n) is 5.18. The molecule has 0 aliphatic carbocycles. The van der Waals surface area contributed by atoms with E-state index in [4.69, 9.17) is 0 Å². The number of hydrogen-bond acceptors (Lipinski definition) is 3. The third kappa shape index (κ3) is 3.26. The van der Waals surface area contributed by atoms with Crippen molar-refractivity contribution in [3.63, 3.8) is 0 Å². The number of hydrogen-bond donors (Lipinski definition) is 1. The van der Waals surface area contributed by atoms with Gasteiger partial charge in [-0.2, -0.15) is 0 Å². The molecule has 110 valence electrons. The number of carbonyl (C=O) groups is 2. The van der Waals surface area contributed by atoms with Crippen molar-refractivity contribution < 1.29 is 14.7 Å². The number of likely N-dealkylation sites (tertiary alicyclic amines) is 1. The van der Waals surface area contributed by atoms with Crippen LogP contribution in [-0.4, -0.2) is 58.5 Å². The third-order valence-corrected chi connectivity index (χ3v) is 4.13. The molecule has 0 spiro atoms. The molecule has 1 aliphatic rings. The van der Waals surface area contributed by atoms with Crippen LogP contribution in [0.25, 0.3) is 0 Å². The summed E-state index contributed by atoms with van der Waals surface area (Å²) in [6.07, 6.45) is 2.95. The highest BCUT2D eigenvalue weighted by Crippen LogP contribution is 2.33. The summed E-state index contributed by atoms with van der Waals surface area (Å²) < 4.78 is 0. The Labute approximate surface area is 115 Å². The van der Waals surface area contributed by atoms with Crippen molar-refractivity contribution in [3.05, 3.63) is 0 Å². The highest BCUT2D eigenvalue weighted by atomic mass is 16.4. The zero-order valence-electron chi connectivity index (χ0n) is 12.3. The number of carboxylic acid groups (broad SMARTS) is 1. The number of carboxylic acids is 1. The van der Waals surface area contributed by atoms with Crippen LogP contribution in [0.5, 0.6) is 0 Å². The number of nitrogens with zero attached hydrogens (tertiary/aromatic N) is 2. The van der Waals surface area contributed by atoms with Gasteiger partial charge in [-0.25, -0.2) is 0 Å². The molecule has 5 heteroatoms. The molecule has 0 radical (unpaired) electrons. The molecule has 1 rings (SSSR count). The average Bonchev–Trinajstić information content (AvgIpc) is 2.75. The maximum Gasteiger partial charge on any atom is 0.324 e. The first-order valence-corrected chi connectivity index (χ1v) is 7.28. The molecule has 0 aromatic rings. The minimum absolute atomic E-state index is 0.0358. The van der Waals surface area contributed by atoms with Gasteiger partial charge in [0.1, 0.15) is 5.54 Å². The van der Waals surface area contributed by atoms with Crippen LogP contribution in [0, 0.1) is 0 Å². The van der Waals surface area contributed by atoms with E-state index in [1.54, 1.807) is 4.90 Å². The molecular formula is C14H26N2O3. The van der Waals surface area contributed by atoms with Crippen LogP contribution < -0.4 is 0 Å². The van der Waals surface area contributed by atoms with Crippen molar-refractivity contribution in [3.8, 4) is 0 Å². The summed E-state index contributed by atoms with van der Waals surface area (Å²) in [5.74, 6) is -0.743. The van der Waals surface area contributed by atoms with Gasteiger partial charge in [0.2, 0.25) is 5.91 Å². The predicted molar refractivity (Wildman–Crippen MR) is 74.0 cm³/mol. The molecule has 1 N–H and O–H groups in total. The Morgan fingerprint density at radius 3 is 2.37 bits per heavy atom. The Hall–Kier alpha value is -1.10. The van der Waals surface area contributed by atoms with Crippen molar-refractivity contribution in [1.82, 2.24) is 9.80 Å². The summed E-state index contributed by atoms with van der Waals surface area (Å²) in [5.41, 5.74) is -0.822. The maximum absolute atomic E-state index is 12.2. The Morgan fingerprint density at radius 2 is 1.89 bits per heavy atom. The van der Waals surface area contributed by atoms with Crippen molar-refractivity contribution in [2.24, 2.45) is 0 Å². The van der Waals surface area contributed by atoms with E-state index >= 15 is 0 Å². The summed E-state index contributed by atoms with van der Waals surface area (Å²) in [6.45, 7) is 8.18. The maximum atomic E-state index is 12.2. The SMILES string of the molecule is CCCC1(C(=O)O)CCCN1CC(=O)N(CC)CC. The number of carbonyl (C=O) groups excluding carboxylic acids is 1. The number of amides is 1. The van der Waals surface area contributed by atoms with Crippen LogP contribution >= 0.6 is 0 Å². The van der Waals surface area contributed by atoms with E-state index in [1.807, 2.05) is 25.7 Å². The van der Waals surface area contributed by atoms with Gasteiger partial charge in [0.05, 0.1) is 6.54 Å². The normalized spacial score (nSPS) is 23.5. The molecule has 0 aromatic heterocycles. The van der Waals surface area contributed by atoms with Crippen LogP contribution in [0.2, 0.25) is 0 Å². The lowest BCUT2D eigenvalue weighted by molar-refractivity contribution is -0.151. The minimum atomic E-state index is -0.822. The van der Waals surface area contributed by atoms with E-state index in [0.717, 1.165) is 12.8 Å². The highest BCUT2D eigenvalue weighted by Gasteiger charge is 2.47. The number of aliphatic carboxylic acids is 1. The standard InChI is InChI=1S/C14H26N2O3/c1-4-8-14(13(18)19)9-7-10-16(14)11-12(17)15(5-2)6-3/h4-11H2,1-3H3,(H,18,19). The first kappa shape index (κ1) is 16.0. The van der Waals surface area contributed by atoms with Gasteiger partial charge in [0, 0.05) is 13.1 Å². The Bertz CT molecular complexity index is 329. The molecule has 1 fully saturated rings. The lowest BCUT2D eigenvalue weighted by Gasteiger charge is -2.35. The van der Waals surface area contributed by atoms with Crippen molar-refractivity contribution in [2.75, 3.05) is 26.2 Å². The molecule has 1 amide bonds. The Morgan fingerprint density at radius 1 is 1.26 bits per heavy atom. The van der Waals surface area contributed by atoms with E-state index in [-0.39, 0.29) is 12.5 Å². The highest BCUT2D eigenvalue weighted by molar-refractivity contribution is 5.82. The fourth-order valence-electron chi connectivity index (χ4n) is 3.05. The van der Waals surface area contributed by atoms with E-state index in [0.29, 0.717) is 32.5 Å². The van der Waals surface area contributed by atoms with Gasteiger partial charge in [-0.1, -0.05) is 13.3 Å². The van der Waals surface area contributed by atoms with Gasteiger partial charge in [-0.15, -0.1) is 0 Å². The van der Waals surface area contributed by atoms with Gasteiger partial charge >= 0.3 is 5.97 Å². The quantitative estimate of drug-likeness (QED) is 0.763. The molecule has 0 aromatic carbocycles. The molecule has 1 saturated heterocycles. The van der Waals surface area contributed by atoms with E-state index < -0.39 is 11.5 Å². The Kier molecular flexibility index (Phi) is 5.79. The van der Waals surface area contributed by atoms with Crippen molar-refractivity contribution in [2.45, 2.75) is 52.0 Å². The van der Waals surface area contributed by atoms with Crippen LogP contribution in [0.4, 0.5) is 0 Å². The monoisotopic (exact) mass is 270 g/mol. The van der Waals surface area contributed by atoms with Crippen LogP contribution in [0.1, 0.15) is 46.5 Å². The summed E-state index contributed by atoms with van der Waals surface area (Å²) in [5, 5.41) is 9.56. The van der Waals surface area contributed by atoms with E-state index in [1.165, 1.54) is 0 Å². The van der Waals surface area contributed by atoms with Crippen LogP contribution in [0.15, 0.2) is 0 Å². The van der Waals surface area contributed by atoms with Crippen molar-refractivity contribution in [1.29, 1.82) is 0 Å². The second kappa shape index (κ2) is 6.89. The fourth-order valence-corrected chi connectivity index (χ4v) is 3.05. The van der Waals surface area contributed by atoms with Gasteiger partial charge in [0.15, 0.2) is 0 Å². The lowest BCUT2D eigenvalue weighted by atomic mass is 9.90. The predicted octanol–water partition coefficient (Wildman–Crippen LogP) is 1.57. The smallest absolute Gasteiger partial charge is 0.324 e. The van der Waals surface area contributed by atoms with Gasteiger partial charge < -0.3 is 10.0 Å². The second-order valence-corrected chi connectivity index (χ2v) is 5.18. The molecule has 5 nitrogen and oxygen atoms in total. The summed E-state index contributed by atoms with van der Waals surface area (Å²) >= 11 is 0. The largest absolute Gasteiger partial charge is 0.480 e. The Balaban J connectivity index is 2.80. The van der Waals surface area contributed by atoms with Crippen LogP contribution in [0.3, 0.4) is 0 Å². The number of rotatable bonds is 7. The van der Waals surface area contributed by atoms with Gasteiger partial charge in [0.25, 0.3) is 0 Å². The first-order chi connectivity index (χ1) is 9.01.